The Labute approximate surface area is 204 Å². The Morgan fingerprint density at radius 2 is 1.86 bits per heavy atom. The van der Waals surface area contributed by atoms with Gasteiger partial charge in [-0.3, -0.25) is 4.90 Å². The van der Waals surface area contributed by atoms with Crippen molar-refractivity contribution in [2.75, 3.05) is 38.5 Å². The standard InChI is InChI=1S/C26H33FN8/c1-16(2)35-17(3)29-25-22(27)11-18(12-23(25)35)21-5-6-34-24(21)15-28-26(31-34)30-19-13-20(14-19)33-9-7-32(4)8-10-33/h5-6,11-12,15-16,19-20H,7-10,13-14H2,1-4H3,(H,30,31). The lowest BCUT2D eigenvalue weighted by molar-refractivity contribution is 0.0656. The Balaban J connectivity index is 1.21. The van der Waals surface area contributed by atoms with Crippen LogP contribution in [0.3, 0.4) is 0 Å². The molecule has 1 aliphatic carbocycles. The molecular weight excluding hydrogens is 443 g/mol. The van der Waals surface area contributed by atoms with E-state index in [4.69, 9.17) is 0 Å². The van der Waals surface area contributed by atoms with E-state index in [9.17, 15) is 0 Å². The van der Waals surface area contributed by atoms with Gasteiger partial charge in [-0.25, -0.2) is 18.9 Å². The molecule has 1 N–H and O–H groups in total. The first-order valence-electron chi connectivity index (χ1n) is 12.6. The molecule has 0 radical (unpaired) electrons. The molecule has 2 fully saturated rings. The summed E-state index contributed by atoms with van der Waals surface area (Å²) in [5.41, 5.74) is 3.79. The summed E-state index contributed by atoms with van der Waals surface area (Å²) in [4.78, 5) is 14.1. The second kappa shape index (κ2) is 8.57. The van der Waals surface area contributed by atoms with E-state index in [0.29, 0.717) is 23.5 Å². The van der Waals surface area contributed by atoms with Gasteiger partial charge in [0, 0.05) is 56.1 Å². The number of aromatic nitrogens is 5. The van der Waals surface area contributed by atoms with Crippen molar-refractivity contribution in [1.29, 1.82) is 0 Å². The number of benzene rings is 1. The monoisotopic (exact) mass is 476 g/mol. The minimum absolute atomic E-state index is 0.194. The van der Waals surface area contributed by atoms with E-state index in [2.05, 4.69) is 55.6 Å². The predicted molar refractivity (Wildman–Crippen MR) is 136 cm³/mol. The molecular formula is C26H33FN8. The van der Waals surface area contributed by atoms with Gasteiger partial charge in [0.2, 0.25) is 5.95 Å². The molecule has 9 heteroatoms. The van der Waals surface area contributed by atoms with Gasteiger partial charge in [0.05, 0.1) is 17.2 Å². The van der Waals surface area contributed by atoms with E-state index in [0.717, 1.165) is 67.0 Å². The Kier molecular flexibility index (Phi) is 5.49. The van der Waals surface area contributed by atoms with E-state index < -0.39 is 0 Å². The van der Waals surface area contributed by atoms with Crippen LogP contribution in [0.15, 0.2) is 30.6 Å². The smallest absolute Gasteiger partial charge is 0.241 e. The topological polar surface area (TPSA) is 66.5 Å². The minimum atomic E-state index is -0.307. The number of nitrogens with zero attached hydrogens (tertiary/aromatic N) is 7. The highest BCUT2D eigenvalue weighted by Crippen LogP contribution is 2.32. The van der Waals surface area contributed by atoms with Crippen molar-refractivity contribution >= 4 is 22.5 Å². The number of rotatable bonds is 5. The van der Waals surface area contributed by atoms with Crippen molar-refractivity contribution in [3.8, 4) is 11.1 Å². The Bertz CT molecular complexity index is 1380. The maximum atomic E-state index is 15.0. The molecule has 1 saturated heterocycles. The molecule has 1 saturated carbocycles. The molecule has 184 valence electrons. The van der Waals surface area contributed by atoms with Crippen LogP contribution in [0.2, 0.25) is 0 Å². The summed E-state index contributed by atoms with van der Waals surface area (Å²) < 4.78 is 18.9. The van der Waals surface area contributed by atoms with Gasteiger partial charge >= 0.3 is 0 Å². The molecule has 4 aromatic rings. The lowest BCUT2D eigenvalue weighted by Crippen LogP contribution is -2.55. The number of nitrogens with one attached hydrogen (secondary N) is 1. The highest BCUT2D eigenvalue weighted by atomic mass is 19.1. The van der Waals surface area contributed by atoms with Crippen molar-refractivity contribution in [3.63, 3.8) is 0 Å². The van der Waals surface area contributed by atoms with Gasteiger partial charge in [-0.05, 0) is 64.4 Å². The summed E-state index contributed by atoms with van der Waals surface area (Å²) in [5.74, 6) is 1.15. The van der Waals surface area contributed by atoms with E-state index in [1.165, 1.54) is 0 Å². The number of likely N-dealkylation sites (N-methyl/N-ethyl adjacent to an activating group) is 1. The number of fused-ring (bicyclic) bond motifs is 2. The Morgan fingerprint density at radius 1 is 1.09 bits per heavy atom. The number of anilines is 1. The van der Waals surface area contributed by atoms with E-state index in [-0.39, 0.29) is 11.9 Å². The lowest BCUT2D eigenvalue weighted by atomic mass is 9.85. The van der Waals surface area contributed by atoms with Crippen molar-refractivity contribution in [2.24, 2.45) is 0 Å². The number of piperazine rings is 1. The number of imidazole rings is 1. The molecule has 2 aliphatic rings. The summed E-state index contributed by atoms with van der Waals surface area (Å²) in [6.45, 7) is 10.7. The van der Waals surface area contributed by atoms with Gasteiger partial charge < -0.3 is 14.8 Å². The Hall–Kier alpha value is -3.04. The van der Waals surface area contributed by atoms with Gasteiger partial charge in [-0.15, -0.1) is 5.10 Å². The van der Waals surface area contributed by atoms with Crippen LogP contribution in [0.25, 0.3) is 27.7 Å². The third-order valence-corrected chi connectivity index (χ3v) is 7.67. The van der Waals surface area contributed by atoms with Crippen molar-refractivity contribution in [2.45, 2.75) is 51.7 Å². The summed E-state index contributed by atoms with van der Waals surface area (Å²) in [5, 5.41) is 8.19. The minimum Gasteiger partial charge on any atom is -0.350 e. The second-order valence-corrected chi connectivity index (χ2v) is 10.4. The fraction of sp³-hybridized carbons (Fsp3) is 0.500. The number of hydrogen-bond donors (Lipinski definition) is 1. The number of aryl methyl sites for hydroxylation is 1. The third-order valence-electron chi connectivity index (χ3n) is 7.67. The molecule has 4 heterocycles. The zero-order chi connectivity index (χ0) is 24.3. The summed E-state index contributed by atoms with van der Waals surface area (Å²) in [6.07, 6.45) is 6.00. The van der Waals surface area contributed by atoms with Crippen LogP contribution in [0.5, 0.6) is 0 Å². The van der Waals surface area contributed by atoms with Gasteiger partial charge in [0.15, 0.2) is 5.82 Å². The molecule has 0 amide bonds. The number of hydrogen-bond acceptors (Lipinski definition) is 6. The quantitative estimate of drug-likeness (QED) is 0.470. The van der Waals surface area contributed by atoms with Gasteiger partial charge in [0.1, 0.15) is 11.3 Å². The first kappa shape index (κ1) is 22.4. The highest BCUT2D eigenvalue weighted by molar-refractivity contribution is 5.88. The van der Waals surface area contributed by atoms with Crippen LogP contribution in [0.4, 0.5) is 10.3 Å². The largest absolute Gasteiger partial charge is 0.350 e. The normalized spacial score (nSPS) is 21.8. The van der Waals surface area contributed by atoms with Crippen molar-refractivity contribution < 1.29 is 4.39 Å². The molecule has 1 aromatic carbocycles. The fourth-order valence-corrected chi connectivity index (χ4v) is 5.66. The Morgan fingerprint density at radius 3 is 2.60 bits per heavy atom. The zero-order valence-corrected chi connectivity index (χ0v) is 20.9. The van der Waals surface area contributed by atoms with Gasteiger partial charge in [-0.1, -0.05) is 0 Å². The average Bonchev–Trinajstić information content (AvgIpc) is 3.37. The maximum Gasteiger partial charge on any atom is 0.241 e. The molecule has 8 nitrogen and oxygen atoms in total. The van der Waals surface area contributed by atoms with Crippen molar-refractivity contribution in [1.82, 2.24) is 33.9 Å². The van der Waals surface area contributed by atoms with E-state index >= 15 is 4.39 Å². The molecule has 0 bridgehead atoms. The second-order valence-electron chi connectivity index (χ2n) is 10.4. The van der Waals surface area contributed by atoms with E-state index in [1.807, 2.05) is 36.0 Å². The molecule has 0 unspecified atom stereocenters. The third kappa shape index (κ3) is 3.96. The fourth-order valence-electron chi connectivity index (χ4n) is 5.66. The molecule has 6 rings (SSSR count). The summed E-state index contributed by atoms with van der Waals surface area (Å²) in [6, 6.07) is 6.82. The SMILES string of the molecule is Cc1nc2c(F)cc(-c3ccn4nc(NC5CC(N6CCN(C)CC6)C5)ncc34)cc2n1C(C)C. The van der Waals surface area contributed by atoms with Crippen LogP contribution in [0.1, 0.15) is 38.6 Å². The van der Waals surface area contributed by atoms with Gasteiger partial charge in [-0.2, -0.15) is 0 Å². The molecule has 0 spiro atoms. The van der Waals surface area contributed by atoms with Crippen molar-refractivity contribution in [3.05, 3.63) is 42.2 Å². The molecule has 35 heavy (non-hydrogen) atoms. The first-order valence-corrected chi connectivity index (χ1v) is 12.6. The lowest BCUT2D eigenvalue weighted by Gasteiger charge is -2.46. The molecule has 0 atom stereocenters. The highest BCUT2D eigenvalue weighted by Gasteiger charge is 2.35. The van der Waals surface area contributed by atoms with Crippen LogP contribution in [-0.2, 0) is 0 Å². The summed E-state index contributed by atoms with van der Waals surface area (Å²) in [7, 11) is 2.19. The first-order chi connectivity index (χ1) is 16.9. The zero-order valence-electron chi connectivity index (χ0n) is 20.9. The van der Waals surface area contributed by atoms with Crippen LogP contribution >= 0.6 is 0 Å². The number of halogens is 1. The maximum absolute atomic E-state index is 15.0. The van der Waals surface area contributed by atoms with Crippen LogP contribution in [-0.4, -0.2) is 79.3 Å². The van der Waals surface area contributed by atoms with Crippen LogP contribution < -0.4 is 5.32 Å². The molecule has 1 aliphatic heterocycles. The molecule has 3 aromatic heterocycles. The van der Waals surface area contributed by atoms with E-state index in [1.54, 1.807) is 6.07 Å². The van der Waals surface area contributed by atoms with Crippen LogP contribution in [0, 0.1) is 12.7 Å². The summed E-state index contributed by atoms with van der Waals surface area (Å²) >= 11 is 0. The average molecular weight is 477 g/mol. The predicted octanol–water partition coefficient (Wildman–Crippen LogP) is 3.96. The van der Waals surface area contributed by atoms with Gasteiger partial charge in [0.25, 0.3) is 0 Å².